The highest BCUT2D eigenvalue weighted by atomic mass is 32.2. The molecule has 2 saturated heterocycles. The summed E-state index contributed by atoms with van der Waals surface area (Å²) in [6, 6.07) is 26.7. The Kier molecular flexibility index (Phi) is 5.23. The smallest absolute Gasteiger partial charge is 0.247 e. The first kappa shape index (κ1) is 20.7. The summed E-state index contributed by atoms with van der Waals surface area (Å²) in [6.45, 7) is 1.05. The number of amides is 1. The summed E-state index contributed by atoms with van der Waals surface area (Å²) in [5.74, 6) is -0.0226. The highest BCUT2D eigenvalue weighted by Crippen LogP contribution is 2.37. The molecular weight excluding hydrogens is 422 g/mol. The lowest BCUT2D eigenvalue weighted by Crippen LogP contribution is -2.57. The van der Waals surface area contributed by atoms with E-state index in [1.807, 2.05) is 72.8 Å². The van der Waals surface area contributed by atoms with E-state index in [1.54, 1.807) is 12.1 Å². The number of piperidine rings is 1. The van der Waals surface area contributed by atoms with Gasteiger partial charge < -0.3 is 10.2 Å². The molecule has 2 aliphatic rings. The van der Waals surface area contributed by atoms with Crippen molar-refractivity contribution in [3.05, 3.63) is 84.9 Å². The summed E-state index contributed by atoms with van der Waals surface area (Å²) in [5.41, 5.74) is 2.29. The number of anilines is 1. The maximum absolute atomic E-state index is 13.3. The van der Waals surface area contributed by atoms with Crippen LogP contribution in [-0.4, -0.2) is 43.9 Å². The van der Waals surface area contributed by atoms with Gasteiger partial charge in [0, 0.05) is 18.8 Å². The Morgan fingerprint density at radius 3 is 1.94 bits per heavy atom. The summed E-state index contributed by atoms with van der Waals surface area (Å²) in [4.78, 5) is 15.2. The van der Waals surface area contributed by atoms with E-state index >= 15 is 0 Å². The second kappa shape index (κ2) is 8.07. The van der Waals surface area contributed by atoms with E-state index in [0.717, 1.165) is 16.8 Å². The minimum absolute atomic E-state index is 0.0226. The van der Waals surface area contributed by atoms with E-state index in [4.69, 9.17) is 0 Å². The molecule has 0 unspecified atom stereocenters. The Morgan fingerprint density at radius 1 is 0.750 bits per heavy atom. The molecule has 0 saturated carbocycles. The van der Waals surface area contributed by atoms with E-state index in [9.17, 15) is 13.2 Å². The predicted octanol–water partition coefficient (Wildman–Crippen LogP) is 3.47. The number of nitrogens with one attached hydrogen (secondary N) is 1. The molecule has 0 aliphatic carbocycles. The van der Waals surface area contributed by atoms with Crippen molar-refractivity contribution in [2.45, 2.75) is 23.3 Å². The van der Waals surface area contributed by atoms with E-state index in [1.165, 1.54) is 4.31 Å². The van der Waals surface area contributed by atoms with Crippen LogP contribution < -0.4 is 10.2 Å². The lowest BCUT2D eigenvalue weighted by Gasteiger charge is -2.42. The highest BCUT2D eigenvalue weighted by molar-refractivity contribution is 7.89. The second-order valence-electron chi connectivity index (χ2n) is 8.25. The Hall–Kier alpha value is -3.16. The number of nitrogens with zero attached hydrogens (tertiary/aromatic N) is 2. The van der Waals surface area contributed by atoms with Crippen molar-refractivity contribution >= 4 is 21.6 Å². The van der Waals surface area contributed by atoms with Crippen LogP contribution in [0.5, 0.6) is 0 Å². The second-order valence-corrected chi connectivity index (χ2v) is 10.2. The van der Waals surface area contributed by atoms with E-state index < -0.39 is 15.6 Å². The fraction of sp³-hybridized carbons (Fsp3) is 0.240. The summed E-state index contributed by atoms with van der Waals surface area (Å²) in [5, 5.41) is 2.95. The topological polar surface area (TPSA) is 69.7 Å². The highest BCUT2D eigenvalue weighted by Gasteiger charge is 2.51. The lowest BCUT2D eigenvalue weighted by molar-refractivity contribution is -0.124. The number of hydrogen-bond donors (Lipinski definition) is 1. The largest absolute Gasteiger partial charge is 0.339 e. The molecule has 3 aromatic carbocycles. The molecule has 32 heavy (non-hydrogen) atoms. The molecule has 0 atom stereocenters. The van der Waals surface area contributed by atoms with Crippen molar-refractivity contribution < 1.29 is 13.2 Å². The van der Waals surface area contributed by atoms with Crippen molar-refractivity contribution in [2.75, 3.05) is 24.7 Å². The lowest BCUT2D eigenvalue weighted by atomic mass is 9.86. The maximum Gasteiger partial charge on any atom is 0.247 e. The first-order valence-electron chi connectivity index (χ1n) is 10.8. The molecule has 1 N–H and O–H groups in total. The van der Waals surface area contributed by atoms with Crippen LogP contribution in [0, 0.1) is 0 Å². The number of rotatable bonds is 4. The molecular formula is C25H25N3O3S. The molecule has 5 rings (SSSR count). The zero-order valence-electron chi connectivity index (χ0n) is 17.6. The SMILES string of the molecule is O=C1NCN(c2ccccc2)C12CCN(S(=O)(=O)c1ccc(-c3ccccc3)cc1)CC2. The van der Waals surface area contributed by atoms with Gasteiger partial charge >= 0.3 is 0 Å². The van der Waals surface area contributed by atoms with Gasteiger partial charge in [0.1, 0.15) is 5.54 Å². The van der Waals surface area contributed by atoms with Crippen molar-refractivity contribution in [1.82, 2.24) is 9.62 Å². The number of para-hydroxylation sites is 1. The minimum Gasteiger partial charge on any atom is -0.339 e. The number of carbonyl (C=O) groups excluding carboxylic acids is 1. The van der Waals surface area contributed by atoms with Crippen LogP contribution in [0.25, 0.3) is 11.1 Å². The average molecular weight is 448 g/mol. The van der Waals surface area contributed by atoms with E-state index in [2.05, 4.69) is 10.2 Å². The molecule has 0 radical (unpaired) electrons. The van der Waals surface area contributed by atoms with Crippen molar-refractivity contribution in [3.63, 3.8) is 0 Å². The van der Waals surface area contributed by atoms with Crippen LogP contribution in [-0.2, 0) is 14.8 Å². The van der Waals surface area contributed by atoms with Gasteiger partial charge in [-0.1, -0.05) is 60.7 Å². The number of benzene rings is 3. The van der Waals surface area contributed by atoms with Gasteiger partial charge in [-0.05, 0) is 48.2 Å². The summed E-state index contributed by atoms with van der Waals surface area (Å²) >= 11 is 0. The third-order valence-corrected chi connectivity index (χ3v) is 8.47. The van der Waals surface area contributed by atoms with Gasteiger partial charge in [-0.3, -0.25) is 4.79 Å². The Bertz CT molecular complexity index is 1200. The Morgan fingerprint density at radius 2 is 1.31 bits per heavy atom. The third kappa shape index (κ3) is 3.47. The Labute approximate surface area is 188 Å². The normalized spacial score (nSPS) is 18.6. The van der Waals surface area contributed by atoms with E-state index in [-0.39, 0.29) is 10.8 Å². The predicted molar refractivity (Wildman–Crippen MR) is 125 cm³/mol. The average Bonchev–Trinajstić information content (AvgIpc) is 3.16. The Balaban J connectivity index is 1.35. The van der Waals surface area contributed by atoms with Gasteiger partial charge in [0.2, 0.25) is 15.9 Å². The zero-order chi connectivity index (χ0) is 22.2. The molecule has 3 aromatic rings. The first-order valence-corrected chi connectivity index (χ1v) is 12.2. The van der Waals surface area contributed by atoms with Crippen molar-refractivity contribution in [2.24, 2.45) is 0 Å². The van der Waals surface area contributed by atoms with Gasteiger partial charge in [0.25, 0.3) is 0 Å². The van der Waals surface area contributed by atoms with Gasteiger partial charge in [-0.2, -0.15) is 4.31 Å². The first-order chi connectivity index (χ1) is 15.5. The third-order valence-electron chi connectivity index (χ3n) is 6.55. The molecule has 7 heteroatoms. The van der Waals surface area contributed by atoms with Gasteiger partial charge in [-0.25, -0.2) is 8.42 Å². The fourth-order valence-electron chi connectivity index (χ4n) is 4.73. The monoisotopic (exact) mass is 447 g/mol. The molecule has 0 bridgehead atoms. The van der Waals surface area contributed by atoms with Gasteiger partial charge in [0.15, 0.2) is 0 Å². The molecule has 2 aliphatic heterocycles. The molecule has 1 spiro atoms. The fourth-order valence-corrected chi connectivity index (χ4v) is 6.17. The molecule has 6 nitrogen and oxygen atoms in total. The van der Waals surface area contributed by atoms with Crippen molar-refractivity contribution in [3.8, 4) is 11.1 Å². The van der Waals surface area contributed by atoms with Crippen LogP contribution in [0.15, 0.2) is 89.8 Å². The summed E-state index contributed by atoms with van der Waals surface area (Å²) < 4.78 is 28.1. The zero-order valence-corrected chi connectivity index (χ0v) is 18.5. The molecule has 164 valence electrons. The summed E-state index contributed by atoms with van der Waals surface area (Å²) in [7, 11) is -3.62. The van der Waals surface area contributed by atoms with Gasteiger partial charge in [-0.15, -0.1) is 0 Å². The quantitative estimate of drug-likeness (QED) is 0.665. The maximum atomic E-state index is 13.3. The van der Waals surface area contributed by atoms with Gasteiger partial charge in [0.05, 0.1) is 11.6 Å². The molecule has 2 fully saturated rings. The number of sulfonamides is 1. The van der Waals surface area contributed by atoms with Crippen LogP contribution in [0.4, 0.5) is 5.69 Å². The van der Waals surface area contributed by atoms with Crippen molar-refractivity contribution in [1.29, 1.82) is 0 Å². The molecule has 0 aromatic heterocycles. The minimum atomic E-state index is -3.62. The van der Waals surface area contributed by atoms with Crippen LogP contribution in [0.2, 0.25) is 0 Å². The van der Waals surface area contributed by atoms with Crippen LogP contribution in [0.1, 0.15) is 12.8 Å². The molecule has 1 amide bonds. The number of carbonyl (C=O) groups is 1. The summed E-state index contributed by atoms with van der Waals surface area (Å²) in [6.07, 6.45) is 0.907. The standard InChI is InChI=1S/C25H25N3O3S/c29-24-25(28(19-26-24)22-9-5-2-6-10-22)15-17-27(18-16-25)32(30,31)23-13-11-21(12-14-23)20-7-3-1-4-8-20/h1-14H,15-19H2,(H,26,29). The van der Waals surface area contributed by atoms with Crippen LogP contribution in [0.3, 0.4) is 0 Å². The van der Waals surface area contributed by atoms with Crippen LogP contribution >= 0.6 is 0 Å². The molecule has 2 heterocycles. The van der Waals surface area contributed by atoms with E-state index in [0.29, 0.717) is 32.6 Å². The number of hydrogen-bond acceptors (Lipinski definition) is 4.